The third-order valence-corrected chi connectivity index (χ3v) is 10.1. The van der Waals surface area contributed by atoms with Crippen LogP contribution in [0.4, 0.5) is 8.78 Å². The minimum absolute atomic E-state index is 0.0181. The zero-order valence-corrected chi connectivity index (χ0v) is 20.7. The van der Waals surface area contributed by atoms with Crippen LogP contribution in [0.3, 0.4) is 0 Å². The highest BCUT2D eigenvalue weighted by molar-refractivity contribution is 6.20. The fraction of sp³-hybridized carbons (Fsp3) is 0.852. The summed E-state index contributed by atoms with van der Waals surface area (Å²) in [4.78, 5) is 31.0. The Morgan fingerprint density at radius 1 is 1.11 bits per heavy atom. The number of hydrogen-bond acceptors (Lipinski definition) is 5. The molecule has 0 aromatic heterocycles. The molecule has 3 heterocycles. The monoisotopic (exact) mass is 491 g/mol. The lowest BCUT2D eigenvalue weighted by Crippen LogP contribution is -2.71. The smallest absolute Gasteiger partial charge is 0.256 e. The first-order valence-corrected chi connectivity index (χ1v) is 13.9. The number of amides is 1. The van der Waals surface area contributed by atoms with Crippen LogP contribution < -0.4 is 5.32 Å². The van der Waals surface area contributed by atoms with Gasteiger partial charge in [0.05, 0.1) is 23.8 Å². The summed E-state index contributed by atoms with van der Waals surface area (Å²) in [5, 5.41) is 2.96. The van der Waals surface area contributed by atoms with Crippen LogP contribution in [-0.4, -0.2) is 84.3 Å². The van der Waals surface area contributed by atoms with E-state index in [2.05, 4.69) is 22.2 Å². The number of likely N-dealkylation sites (tertiary alicyclic amines) is 1. The number of carbonyl (C=O) groups is 2. The molecule has 6 rings (SSSR count). The van der Waals surface area contributed by atoms with Crippen LogP contribution in [-0.2, 0) is 14.3 Å². The molecule has 5 fully saturated rings. The molecule has 0 radical (unpaired) electrons. The van der Waals surface area contributed by atoms with Crippen LogP contribution in [0.2, 0.25) is 0 Å². The van der Waals surface area contributed by atoms with Gasteiger partial charge in [-0.15, -0.1) is 0 Å². The number of hydrogen-bond donors (Lipinski definition) is 1. The minimum Gasteiger partial charge on any atom is -0.368 e. The molecule has 3 aliphatic heterocycles. The first-order chi connectivity index (χ1) is 16.9. The van der Waals surface area contributed by atoms with E-state index in [-0.39, 0.29) is 35.8 Å². The summed E-state index contributed by atoms with van der Waals surface area (Å²) in [6, 6.07) is -0.0478. The number of ketones is 1. The number of carbonyl (C=O) groups excluding carboxylic acids is 2. The molecule has 0 aromatic carbocycles. The van der Waals surface area contributed by atoms with E-state index in [1.807, 2.05) is 0 Å². The van der Waals surface area contributed by atoms with Gasteiger partial charge in [-0.25, -0.2) is 8.78 Å². The third-order valence-electron chi connectivity index (χ3n) is 10.1. The predicted molar refractivity (Wildman–Crippen MR) is 127 cm³/mol. The lowest BCUT2D eigenvalue weighted by atomic mass is 9.65. The number of ether oxygens (including phenoxy) is 1. The van der Waals surface area contributed by atoms with E-state index in [1.54, 1.807) is 6.20 Å². The highest BCUT2D eigenvalue weighted by Gasteiger charge is 2.60. The highest BCUT2D eigenvalue weighted by atomic mass is 19.2. The molecule has 6 nitrogen and oxygen atoms in total. The van der Waals surface area contributed by atoms with Crippen molar-refractivity contribution in [3.05, 3.63) is 11.8 Å². The van der Waals surface area contributed by atoms with Crippen molar-refractivity contribution in [2.45, 2.75) is 107 Å². The van der Waals surface area contributed by atoms with Gasteiger partial charge in [-0.2, -0.15) is 0 Å². The van der Waals surface area contributed by atoms with Crippen LogP contribution in [0.1, 0.15) is 64.2 Å². The summed E-state index contributed by atoms with van der Waals surface area (Å²) < 4.78 is 36.2. The van der Waals surface area contributed by atoms with Gasteiger partial charge in [-0.3, -0.25) is 9.59 Å². The number of alkyl halides is 2. The van der Waals surface area contributed by atoms with E-state index >= 15 is 4.39 Å². The lowest BCUT2D eigenvalue weighted by molar-refractivity contribution is -0.219. The van der Waals surface area contributed by atoms with E-state index < -0.39 is 30.4 Å². The molecule has 0 spiro atoms. The molecule has 10 unspecified atom stereocenters. The van der Waals surface area contributed by atoms with Crippen LogP contribution in [0.25, 0.3) is 0 Å². The molecule has 1 amide bonds. The van der Waals surface area contributed by atoms with Gasteiger partial charge in [0.25, 0.3) is 5.91 Å². The molecule has 35 heavy (non-hydrogen) atoms. The van der Waals surface area contributed by atoms with E-state index in [1.165, 1.54) is 32.1 Å². The van der Waals surface area contributed by atoms with Crippen LogP contribution in [0.15, 0.2) is 11.8 Å². The molecule has 0 aromatic rings. The molecule has 194 valence electrons. The van der Waals surface area contributed by atoms with Crippen molar-refractivity contribution < 1.29 is 23.1 Å². The minimum atomic E-state index is -1.74. The predicted octanol–water partition coefficient (Wildman–Crippen LogP) is 3.16. The van der Waals surface area contributed by atoms with Crippen LogP contribution >= 0.6 is 0 Å². The highest BCUT2D eigenvalue weighted by Crippen LogP contribution is 2.50. The normalized spacial score (nSPS) is 45.3. The molecule has 3 aliphatic carbocycles. The van der Waals surface area contributed by atoms with Crippen LogP contribution in [0, 0.1) is 17.8 Å². The van der Waals surface area contributed by atoms with Gasteiger partial charge >= 0.3 is 0 Å². The number of nitrogens with zero attached hydrogens (tertiary/aromatic N) is 2. The zero-order chi connectivity index (χ0) is 24.3. The maximum absolute atomic E-state index is 15.1. The summed E-state index contributed by atoms with van der Waals surface area (Å²) in [7, 11) is 2.10. The first-order valence-electron chi connectivity index (χ1n) is 13.9. The second-order valence-corrected chi connectivity index (χ2v) is 12.0. The van der Waals surface area contributed by atoms with Crippen molar-refractivity contribution in [1.29, 1.82) is 0 Å². The second kappa shape index (κ2) is 9.40. The largest absolute Gasteiger partial charge is 0.368 e. The summed E-state index contributed by atoms with van der Waals surface area (Å²) in [5.74, 6) is -0.285. The summed E-state index contributed by atoms with van der Waals surface area (Å²) >= 11 is 0. The van der Waals surface area contributed by atoms with Gasteiger partial charge in [0.2, 0.25) is 0 Å². The van der Waals surface area contributed by atoms with Gasteiger partial charge in [0.1, 0.15) is 12.3 Å². The average Bonchev–Trinajstić information content (AvgIpc) is 3.26. The second-order valence-electron chi connectivity index (χ2n) is 12.0. The number of morpholine rings is 1. The Labute approximate surface area is 206 Å². The molecule has 8 heteroatoms. The summed E-state index contributed by atoms with van der Waals surface area (Å²) in [5.41, 5.74) is 0.112. The van der Waals surface area contributed by atoms with Crippen LogP contribution in [0.5, 0.6) is 0 Å². The molecular weight excluding hydrogens is 452 g/mol. The fourth-order valence-electron chi connectivity index (χ4n) is 8.19. The van der Waals surface area contributed by atoms with Crippen molar-refractivity contribution in [3.8, 4) is 0 Å². The number of nitrogens with one attached hydrogen (secondary N) is 1. The summed E-state index contributed by atoms with van der Waals surface area (Å²) in [6.07, 6.45) is 6.70. The number of Topliss-reactive ketones (excluding diaryl/α,β-unsaturated/α-hetero) is 1. The Kier molecular flexibility index (Phi) is 6.40. The Morgan fingerprint density at radius 2 is 1.89 bits per heavy atom. The van der Waals surface area contributed by atoms with Gasteiger partial charge in [-0.1, -0.05) is 25.7 Å². The first kappa shape index (κ1) is 23.8. The van der Waals surface area contributed by atoms with Crippen molar-refractivity contribution in [3.63, 3.8) is 0 Å². The molecule has 3 saturated carbocycles. The van der Waals surface area contributed by atoms with E-state index in [4.69, 9.17) is 4.74 Å². The maximum atomic E-state index is 15.1. The topological polar surface area (TPSA) is 61.9 Å². The van der Waals surface area contributed by atoms with E-state index in [0.717, 1.165) is 32.2 Å². The molecule has 6 aliphatic rings. The molecule has 10 atom stereocenters. The number of halogens is 2. The molecule has 0 bridgehead atoms. The lowest BCUT2D eigenvalue weighted by Gasteiger charge is -2.59. The molecule has 2 saturated heterocycles. The number of rotatable bonds is 4. The maximum Gasteiger partial charge on any atom is 0.256 e. The van der Waals surface area contributed by atoms with Crippen molar-refractivity contribution in [2.75, 3.05) is 20.1 Å². The quantitative estimate of drug-likeness (QED) is 0.613. The van der Waals surface area contributed by atoms with Crippen molar-refractivity contribution in [1.82, 2.24) is 15.1 Å². The van der Waals surface area contributed by atoms with Gasteiger partial charge in [0.15, 0.2) is 12.0 Å². The SMILES string of the molecule is CN1CCCC1CCNC(=O)C1=CN2C3CC4CCCCC4CC3OC3C(F)C(F)CC(C1=O)C32. The summed E-state index contributed by atoms with van der Waals surface area (Å²) in [6.45, 7) is 1.58. The molecule has 1 N–H and O–H groups in total. The standard InChI is InChI=1S/C27H39F2N3O3/c1-31-10-4-7-17(31)8-9-30-27(34)19-14-32-21-11-15-5-2-3-6-16(15)12-22(21)35-26-23(29)20(28)13-18(24(26)32)25(19)33/h14-18,20-24,26H,2-13H2,1H3,(H,30,34). The Balaban J connectivity index is 1.25. The van der Waals surface area contributed by atoms with E-state index in [0.29, 0.717) is 24.4 Å². The Hall–Kier alpha value is -1.54. The van der Waals surface area contributed by atoms with Crippen molar-refractivity contribution in [2.24, 2.45) is 17.8 Å². The zero-order valence-electron chi connectivity index (χ0n) is 20.7. The average molecular weight is 492 g/mol. The number of fused-ring (bicyclic) bond motifs is 3. The van der Waals surface area contributed by atoms with E-state index in [9.17, 15) is 14.0 Å². The fourth-order valence-corrected chi connectivity index (χ4v) is 8.19. The van der Waals surface area contributed by atoms with Gasteiger partial charge in [0, 0.05) is 24.7 Å². The van der Waals surface area contributed by atoms with Crippen molar-refractivity contribution >= 4 is 11.7 Å². The van der Waals surface area contributed by atoms with Gasteiger partial charge in [-0.05, 0) is 64.0 Å². The third kappa shape index (κ3) is 4.12. The Bertz CT molecular complexity index is 884. The Morgan fingerprint density at radius 3 is 2.63 bits per heavy atom. The van der Waals surface area contributed by atoms with Gasteiger partial charge < -0.3 is 19.9 Å². The molecular formula is C27H39F2N3O3.